The molecule has 1 aliphatic carbocycles. The Hall–Kier alpha value is -2.03. The van der Waals surface area contributed by atoms with Gasteiger partial charge in [0.2, 0.25) is 0 Å². The van der Waals surface area contributed by atoms with Gasteiger partial charge in [-0.1, -0.05) is 49.6 Å². The molecule has 1 aromatic heterocycles. The first-order valence-corrected chi connectivity index (χ1v) is 7.76. The number of aromatic nitrogens is 2. The van der Waals surface area contributed by atoms with Gasteiger partial charge in [-0.2, -0.15) is 4.57 Å². The second-order valence-electron chi connectivity index (χ2n) is 5.80. The number of Topliss-reactive ketones (excluding diaryl/α,β-unsaturated/α-hetero) is 1. The molecule has 0 saturated heterocycles. The maximum absolute atomic E-state index is 12.5. The van der Waals surface area contributed by atoms with Crippen LogP contribution >= 0.6 is 0 Å². The van der Waals surface area contributed by atoms with E-state index in [4.69, 9.17) is 0 Å². The fourth-order valence-corrected chi connectivity index (χ4v) is 3.03. The predicted molar refractivity (Wildman–Crippen MR) is 80.9 cm³/mol. The van der Waals surface area contributed by atoms with Crippen molar-refractivity contribution in [3.05, 3.63) is 60.2 Å². The molecule has 1 aromatic carbocycles. The van der Waals surface area contributed by atoms with Crippen molar-refractivity contribution >= 4 is 5.78 Å². The highest BCUT2D eigenvalue weighted by Crippen LogP contribution is 2.26. The van der Waals surface area contributed by atoms with Gasteiger partial charge in [0.15, 0.2) is 30.4 Å². The van der Waals surface area contributed by atoms with Crippen molar-refractivity contribution in [3.8, 4) is 0 Å². The fraction of sp³-hybridized carbons (Fsp3) is 0.389. The van der Waals surface area contributed by atoms with Crippen LogP contribution in [-0.2, 0) is 6.54 Å². The molecular weight excluding hydrogens is 260 g/mol. The van der Waals surface area contributed by atoms with Gasteiger partial charge < -0.3 is 0 Å². The van der Waals surface area contributed by atoms with E-state index in [-0.39, 0.29) is 11.7 Å². The Bertz CT molecular complexity index is 604. The molecule has 1 fully saturated rings. The second kappa shape index (κ2) is 6.61. The van der Waals surface area contributed by atoms with E-state index in [9.17, 15) is 4.79 Å². The summed E-state index contributed by atoms with van der Waals surface area (Å²) in [5, 5.41) is 0. The minimum Gasteiger partial charge on any atom is -0.292 e. The molecule has 0 atom stereocenters. The average Bonchev–Trinajstić information content (AvgIpc) is 2.56. The molecule has 108 valence electrons. The van der Waals surface area contributed by atoms with Crippen LogP contribution < -0.4 is 4.57 Å². The van der Waals surface area contributed by atoms with Gasteiger partial charge in [-0.3, -0.25) is 4.79 Å². The van der Waals surface area contributed by atoms with E-state index in [1.165, 1.54) is 24.8 Å². The minimum absolute atomic E-state index is 0.179. The summed E-state index contributed by atoms with van der Waals surface area (Å²) in [6.45, 7) is 0.772. The molecule has 0 amide bonds. The van der Waals surface area contributed by atoms with Crippen LogP contribution in [0.25, 0.3) is 0 Å². The van der Waals surface area contributed by atoms with Crippen molar-refractivity contribution in [2.75, 3.05) is 0 Å². The third-order valence-electron chi connectivity index (χ3n) is 4.20. The Labute approximate surface area is 125 Å². The Morgan fingerprint density at radius 2 is 1.90 bits per heavy atom. The molecule has 3 heteroatoms. The van der Waals surface area contributed by atoms with Crippen LogP contribution in [0.15, 0.2) is 48.9 Å². The van der Waals surface area contributed by atoms with Crippen molar-refractivity contribution < 1.29 is 9.36 Å². The van der Waals surface area contributed by atoms with E-state index in [2.05, 4.69) is 17.1 Å². The smallest absolute Gasteiger partial charge is 0.198 e. The standard InChI is InChI=1S/C18H21N2O/c21-18(16-9-5-2-6-10-16)17-14-20(12-11-19-17)13-15-7-3-1-4-8-15/h1,3-4,7-8,11-12,14,16H,2,5-6,9-10,13H2/q+1. The molecule has 0 spiro atoms. The molecule has 2 aromatic rings. The van der Waals surface area contributed by atoms with Crippen LogP contribution in [0.5, 0.6) is 0 Å². The third-order valence-corrected chi connectivity index (χ3v) is 4.20. The van der Waals surface area contributed by atoms with Crippen LogP contribution in [0.3, 0.4) is 0 Å². The van der Waals surface area contributed by atoms with E-state index in [0.717, 1.165) is 19.4 Å². The Kier molecular flexibility index (Phi) is 4.39. The van der Waals surface area contributed by atoms with Gasteiger partial charge in [0.1, 0.15) is 0 Å². The number of carbonyl (C=O) groups excluding carboxylic acids is 1. The number of hydrogen-bond donors (Lipinski definition) is 0. The van der Waals surface area contributed by atoms with Gasteiger partial charge in [-0.15, -0.1) is 0 Å². The van der Waals surface area contributed by atoms with E-state index in [1.54, 1.807) is 6.20 Å². The number of hydrogen-bond acceptors (Lipinski definition) is 2. The lowest BCUT2D eigenvalue weighted by Crippen LogP contribution is -2.35. The summed E-state index contributed by atoms with van der Waals surface area (Å²) < 4.78 is 2.04. The van der Waals surface area contributed by atoms with Crippen LogP contribution in [0.1, 0.15) is 48.2 Å². The summed E-state index contributed by atoms with van der Waals surface area (Å²) in [6.07, 6.45) is 11.2. The van der Waals surface area contributed by atoms with Crippen LogP contribution in [0.4, 0.5) is 0 Å². The van der Waals surface area contributed by atoms with Crippen LogP contribution in [-0.4, -0.2) is 10.8 Å². The second-order valence-corrected chi connectivity index (χ2v) is 5.80. The summed E-state index contributed by atoms with van der Waals surface area (Å²) in [7, 11) is 0. The molecule has 1 saturated carbocycles. The third kappa shape index (κ3) is 3.54. The van der Waals surface area contributed by atoms with Gasteiger partial charge >= 0.3 is 0 Å². The molecule has 0 bridgehead atoms. The molecular formula is C18H21N2O+. The lowest BCUT2D eigenvalue weighted by molar-refractivity contribution is -0.689. The topological polar surface area (TPSA) is 33.8 Å². The lowest BCUT2D eigenvalue weighted by atomic mass is 9.85. The van der Waals surface area contributed by atoms with Crippen molar-refractivity contribution in [2.24, 2.45) is 5.92 Å². The van der Waals surface area contributed by atoms with Crippen molar-refractivity contribution in [1.29, 1.82) is 0 Å². The summed E-state index contributed by atoms with van der Waals surface area (Å²) in [4.78, 5) is 16.8. The van der Waals surface area contributed by atoms with E-state index < -0.39 is 0 Å². The van der Waals surface area contributed by atoms with Gasteiger partial charge in [-0.25, -0.2) is 4.98 Å². The molecule has 3 nitrogen and oxygen atoms in total. The quantitative estimate of drug-likeness (QED) is 0.637. The van der Waals surface area contributed by atoms with E-state index >= 15 is 0 Å². The average molecular weight is 281 g/mol. The van der Waals surface area contributed by atoms with Crippen molar-refractivity contribution in [3.63, 3.8) is 0 Å². The first-order chi connectivity index (χ1) is 10.3. The summed E-state index contributed by atoms with van der Waals surface area (Å²) in [5.74, 6) is 0.399. The van der Waals surface area contributed by atoms with Gasteiger partial charge in [-0.05, 0) is 12.8 Å². The Balaban J connectivity index is 1.75. The zero-order chi connectivity index (χ0) is 14.5. The van der Waals surface area contributed by atoms with Crippen molar-refractivity contribution in [2.45, 2.75) is 38.6 Å². The molecule has 0 aliphatic heterocycles. The molecule has 0 N–H and O–H groups in total. The largest absolute Gasteiger partial charge is 0.292 e. The number of rotatable bonds is 4. The number of ketones is 1. The van der Waals surface area contributed by atoms with Crippen molar-refractivity contribution in [1.82, 2.24) is 4.98 Å². The normalized spacial score (nSPS) is 15.8. The summed E-state index contributed by atoms with van der Waals surface area (Å²) >= 11 is 0. The minimum atomic E-state index is 0.179. The maximum Gasteiger partial charge on any atom is 0.198 e. The highest BCUT2D eigenvalue weighted by Gasteiger charge is 2.25. The predicted octanol–water partition coefficient (Wildman–Crippen LogP) is 3.18. The fourth-order valence-electron chi connectivity index (χ4n) is 3.03. The molecule has 0 radical (unpaired) electrons. The molecule has 0 unspecified atom stereocenters. The number of carbonyl (C=O) groups is 1. The molecule has 21 heavy (non-hydrogen) atoms. The van der Waals surface area contributed by atoms with Crippen LogP contribution in [0, 0.1) is 5.92 Å². The first-order valence-electron chi connectivity index (χ1n) is 7.76. The first kappa shape index (κ1) is 13.9. The summed E-state index contributed by atoms with van der Waals surface area (Å²) in [6, 6.07) is 10.3. The number of benzene rings is 1. The van der Waals surface area contributed by atoms with E-state index in [0.29, 0.717) is 5.69 Å². The molecule has 1 aliphatic rings. The SMILES string of the molecule is O=C(c1c[n+](Cc2ccccc2)ccn1)C1CCCCC1. The lowest BCUT2D eigenvalue weighted by Gasteiger charge is -2.19. The molecule has 1 heterocycles. The zero-order valence-corrected chi connectivity index (χ0v) is 12.2. The van der Waals surface area contributed by atoms with Gasteiger partial charge in [0.05, 0.1) is 6.20 Å². The highest BCUT2D eigenvalue weighted by molar-refractivity contribution is 5.95. The van der Waals surface area contributed by atoms with Crippen LogP contribution in [0.2, 0.25) is 0 Å². The highest BCUT2D eigenvalue weighted by atomic mass is 16.1. The Morgan fingerprint density at radius 1 is 1.14 bits per heavy atom. The Morgan fingerprint density at radius 3 is 2.67 bits per heavy atom. The van der Waals surface area contributed by atoms with Gasteiger partial charge in [0, 0.05) is 11.5 Å². The van der Waals surface area contributed by atoms with E-state index in [1.807, 2.05) is 35.2 Å². The maximum atomic E-state index is 12.5. The number of nitrogens with zero attached hydrogens (tertiary/aromatic N) is 2. The van der Waals surface area contributed by atoms with Gasteiger partial charge in [0.25, 0.3) is 0 Å². The summed E-state index contributed by atoms with van der Waals surface area (Å²) in [5.41, 5.74) is 1.84. The molecule has 3 rings (SSSR count). The monoisotopic (exact) mass is 281 g/mol. The zero-order valence-electron chi connectivity index (χ0n) is 12.2.